The van der Waals surface area contributed by atoms with Crippen LogP contribution in [0.15, 0.2) is 77.1 Å². The van der Waals surface area contributed by atoms with Gasteiger partial charge >= 0.3 is 5.97 Å². The number of anilines is 1. The summed E-state index contributed by atoms with van der Waals surface area (Å²) in [4.78, 5) is 28.2. The number of ether oxygens (including phenoxy) is 1. The smallest absolute Gasteiger partial charge is 0.336 e. The summed E-state index contributed by atoms with van der Waals surface area (Å²) in [6, 6.07) is 18.2. The standard InChI is InChI=1S/C26H28N2O3/c1-16-23(26(30)31-4)24(18-10-12-20(13-11-18)28(2)3)25-21(27-16)14-19(15-22(25)29)17-8-6-5-7-9-17/h5-13,19,24,27H,14-15H2,1-4H3/t19-,24-/m1/s1. The summed E-state index contributed by atoms with van der Waals surface area (Å²) in [5, 5.41) is 3.37. The Morgan fingerprint density at radius 2 is 1.68 bits per heavy atom. The summed E-state index contributed by atoms with van der Waals surface area (Å²) in [5.41, 5.74) is 6.00. The van der Waals surface area contributed by atoms with Gasteiger partial charge in [0.2, 0.25) is 0 Å². The molecule has 0 amide bonds. The van der Waals surface area contributed by atoms with Crippen LogP contribution in [0.25, 0.3) is 0 Å². The molecule has 1 aliphatic heterocycles. The normalized spacial score (nSPS) is 20.8. The van der Waals surface area contributed by atoms with Crippen LogP contribution in [0.2, 0.25) is 0 Å². The molecule has 0 aromatic heterocycles. The van der Waals surface area contributed by atoms with Crippen LogP contribution >= 0.6 is 0 Å². The molecule has 2 atom stereocenters. The predicted molar refractivity (Wildman–Crippen MR) is 122 cm³/mol. The number of dihydropyridines is 1. The largest absolute Gasteiger partial charge is 0.466 e. The molecule has 5 heteroatoms. The number of rotatable bonds is 4. The molecule has 1 N–H and O–H groups in total. The molecule has 0 fully saturated rings. The Morgan fingerprint density at radius 3 is 2.29 bits per heavy atom. The molecule has 1 heterocycles. The minimum atomic E-state index is -0.427. The van der Waals surface area contributed by atoms with Crippen molar-refractivity contribution in [3.05, 3.63) is 88.3 Å². The third-order valence-corrected chi connectivity index (χ3v) is 6.25. The van der Waals surface area contributed by atoms with E-state index in [1.165, 1.54) is 7.11 Å². The zero-order chi connectivity index (χ0) is 22.1. The van der Waals surface area contributed by atoms with Crippen LogP contribution in [0.5, 0.6) is 0 Å². The lowest BCUT2D eigenvalue weighted by Crippen LogP contribution is -2.36. The van der Waals surface area contributed by atoms with Gasteiger partial charge in [-0.3, -0.25) is 4.79 Å². The van der Waals surface area contributed by atoms with E-state index in [2.05, 4.69) is 17.4 Å². The molecular weight excluding hydrogens is 388 g/mol. The monoisotopic (exact) mass is 416 g/mol. The van der Waals surface area contributed by atoms with Gasteiger partial charge in [0.05, 0.1) is 12.7 Å². The number of carbonyl (C=O) groups is 2. The van der Waals surface area contributed by atoms with E-state index in [4.69, 9.17) is 4.74 Å². The van der Waals surface area contributed by atoms with E-state index in [1.54, 1.807) is 0 Å². The van der Waals surface area contributed by atoms with Crippen LogP contribution in [0.4, 0.5) is 5.69 Å². The molecular formula is C26H28N2O3. The number of allylic oxidation sites excluding steroid dienone is 3. The fourth-order valence-corrected chi connectivity index (χ4v) is 4.68. The maximum atomic E-state index is 13.5. The quantitative estimate of drug-likeness (QED) is 0.754. The molecule has 4 rings (SSSR count). The van der Waals surface area contributed by atoms with Gasteiger partial charge in [0.1, 0.15) is 0 Å². The van der Waals surface area contributed by atoms with Crippen molar-refractivity contribution in [2.45, 2.75) is 31.6 Å². The highest BCUT2D eigenvalue weighted by molar-refractivity contribution is 6.04. The Kier molecular flexibility index (Phi) is 5.68. The van der Waals surface area contributed by atoms with E-state index in [-0.39, 0.29) is 11.7 Å². The van der Waals surface area contributed by atoms with E-state index in [0.29, 0.717) is 17.6 Å². The number of nitrogens with one attached hydrogen (secondary N) is 1. The SMILES string of the molecule is COC(=O)C1=C(C)NC2=C(C(=O)C[C@H](c3ccccc3)C2)[C@@H]1c1ccc(N(C)C)cc1. The minimum Gasteiger partial charge on any atom is -0.466 e. The lowest BCUT2D eigenvalue weighted by atomic mass is 9.71. The Morgan fingerprint density at radius 1 is 1.00 bits per heavy atom. The van der Waals surface area contributed by atoms with Gasteiger partial charge in [0, 0.05) is 49.1 Å². The fourth-order valence-electron chi connectivity index (χ4n) is 4.68. The number of carbonyl (C=O) groups excluding carboxylic acids is 2. The first kappa shape index (κ1) is 20.9. The third kappa shape index (κ3) is 3.88. The van der Waals surface area contributed by atoms with Crippen LogP contribution < -0.4 is 10.2 Å². The first-order valence-electron chi connectivity index (χ1n) is 10.5. The Bertz CT molecular complexity index is 1070. The van der Waals surface area contributed by atoms with Gasteiger partial charge in [-0.25, -0.2) is 4.79 Å². The van der Waals surface area contributed by atoms with E-state index >= 15 is 0 Å². The van der Waals surface area contributed by atoms with Crippen LogP contribution in [-0.4, -0.2) is 33.0 Å². The highest BCUT2D eigenvalue weighted by Gasteiger charge is 2.41. The maximum Gasteiger partial charge on any atom is 0.336 e. The average Bonchev–Trinajstić information content (AvgIpc) is 2.78. The number of hydrogen-bond donors (Lipinski definition) is 1. The second kappa shape index (κ2) is 8.42. The Balaban J connectivity index is 1.80. The summed E-state index contributed by atoms with van der Waals surface area (Å²) in [6.45, 7) is 1.88. The molecule has 0 spiro atoms. The number of nitrogens with zero attached hydrogens (tertiary/aromatic N) is 1. The van der Waals surface area contributed by atoms with Crippen molar-refractivity contribution < 1.29 is 14.3 Å². The topological polar surface area (TPSA) is 58.6 Å². The van der Waals surface area contributed by atoms with Gasteiger partial charge in [-0.2, -0.15) is 0 Å². The van der Waals surface area contributed by atoms with Gasteiger partial charge < -0.3 is 15.0 Å². The zero-order valence-electron chi connectivity index (χ0n) is 18.4. The average molecular weight is 417 g/mol. The predicted octanol–water partition coefficient (Wildman–Crippen LogP) is 4.29. The van der Waals surface area contributed by atoms with Gasteiger partial charge in [-0.1, -0.05) is 42.5 Å². The molecule has 2 aromatic rings. The number of benzene rings is 2. The lowest BCUT2D eigenvalue weighted by molar-refractivity contribution is -0.136. The highest BCUT2D eigenvalue weighted by atomic mass is 16.5. The van der Waals surface area contributed by atoms with Crippen LogP contribution in [0.1, 0.15) is 42.7 Å². The summed E-state index contributed by atoms with van der Waals surface area (Å²) < 4.78 is 5.10. The Hall–Kier alpha value is -3.34. The number of esters is 1. The zero-order valence-corrected chi connectivity index (χ0v) is 18.4. The molecule has 160 valence electrons. The fraction of sp³-hybridized carbons (Fsp3) is 0.308. The second-order valence-corrected chi connectivity index (χ2v) is 8.41. The van der Waals surface area contributed by atoms with Crippen molar-refractivity contribution in [1.29, 1.82) is 0 Å². The minimum absolute atomic E-state index is 0.0817. The molecule has 1 aliphatic carbocycles. The molecule has 31 heavy (non-hydrogen) atoms. The van der Waals surface area contributed by atoms with Crippen LogP contribution in [-0.2, 0) is 14.3 Å². The number of hydrogen-bond acceptors (Lipinski definition) is 5. The van der Waals surface area contributed by atoms with Gasteiger partial charge in [0.15, 0.2) is 5.78 Å². The van der Waals surface area contributed by atoms with Crippen molar-refractivity contribution in [1.82, 2.24) is 5.32 Å². The molecule has 0 bridgehead atoms. The molecule has 5 nitrogen and oxygen atoms in total. The summed E-state index contributed by atoms with van der Waals surface area (Å²) in [5.74, 6) is -0.622. The molecule has 2 aromatic carbocycles. The van der Waals surface area contributed by atoms with Gasteiger partial charge in [-0.15, -0.1) is 0 Å². The van der Waals surface area contributed by atoms with Gasteiger partial charge in [-0.05, 0) is 42.5 Å². The third-order valence-electron chi connectivity index (χ3n) is 6.25. The lowest BCUT2D eigenvalue weighted by Gasteiger charge is -2.36. The molecule has 0 saturated heterocycles. The number of ketones is 1. The van der Waals surface area contributed by atoms with Crippen molar-refractivity contribution in [2.24, 2.45) is 0 Å². The first-order valence-corrected chi connectivity index (χ1v) is 10.5. The van der Waals surface area contributed by atoms with Crippen LogP contribution in [0.3, 0.4) is 0 Å². The van der Waals surface area contributed by atoms with E-state index in [9.17, 15) is 9.59 Å². The van der Waals surface area contributed by atoms with Crippen molar-refractivity contribution in [3.8, 4) is 0 Å². The molecule has 2 aliphatic rings. The molecule has 0 radical (unpaired) electrons. The van der Waals surface area contributed by atoms with E-state index < -0.39 is 11.9 Å². The Labute approximate surface area is 183 Å². The maximum absolute atomic E-state index is 13.5. The summed E-state index contributed by atoms with van der Waals surface area (Å²) in [6.07, 6.45) is 1.17. The second-order valence-electron chi connectivity index (χ2n) is 8.41. The van der Waals surface area contributed by atoms with E-state index in [1.807, 2.05) is 68.4 Å². The van der Waals surface area contributed by atoms with Crippen LogP contribution in [0, 0.1) is 0 Å². The highest BCUT2D eigenvalue weighted by Crippen LogP contribution is 2.45. The number of methoxy groups -OCH3 is 1. The van der Waals surface area contributed by atoms with Gasteiger partial charge in [0.25, 0.3) is 0 Å². The number of Topliss-reactive ketones (excluding diaryl/α,β-unsaturated/α-hetero) is 1. The molecule has 0 unspecified atom stereocenters. The first-order chi connectivity index (χ1) is 14.9. The summed E-state index contributed by atoms with van der Waals surface area (Å²) >= 11 is 0. The summed E-state index contributed by atoms with van der Waals surface area (Å²) in [7, 11) is 5.35. The van der Waals surface area contributed by atoms with E-state index in [0.717, 1.165) is 34.6 Å². The van der Waals surface area contributed by atoms with Crippen molar-refractivity contribution >= 4 is 17.4 Å². The molecule has 0 saturated carbocycles. The van der Waals surface area contributed by atoms with Crippen molar-refractivity contribution in [3.63, 3.8) is 0 Å². The van der Waals surface area contributed by atoms with Crippen molar-refractivity contribution in [2.75, 3.05) is 26.1 Å².